The molecule has 2 saturated heterocycles. The molecule has 5 heteroatoms. The highest BCUT2D eigenvalue weighted by Crippen LogP contribution is 2.45. The average molecular weight is 422 g/mol. The Morgan fingerprint density at radius 1 is 0.806 bits per heavy atom. The maximum absolute atomic E-state index is 5.61. The molecule has 2 aromatic carbocycles. The van der Waals surface area contributed by atoms with E-state index < -0.39 is 0 Å². The molecule has 5 nitrogen and oxygen atoms in total. The van der Waals surface area contributed by atoms with Crippen LogP contribution in [0.25, 0.3) is 0 Å². The number of hydrogen-bond donors (Lipinski definition) is 0. The maximum Gasteiger partial charge on any atom is 0.161 e. The van der Waals surface area contributed by atoms with E-state index in [1.54, 1.807) is 21.3 Å². The molecule has 0 spiro atoms. The molecule has 31 heavy (non-hydrogen) atoms. The summed E-state index contributed by atoms with van der Waals surface area (Å²) < 4.78 is 21.8. The first-order valence-electron chi connectivity index (χ1n) is 11.3. The van der Waals surface area contributed by atoms with Gasteiger partial charge < -0.3 is 18.9 Å². The summed E-state index contributed by atoms with van der Waals surface area (Å²) in [6.07, 6.45) is 8.95. The van der Waals surface area contributed by atoms with Gasteiger partial charge in [-0.25, -0.2) is 0 Å². The molecule has 2 aliphatic carbocycles. The molecule has 0 N–H and O–H groups in total. The maximum atomic E-state index is 5.61. The zero-order valence-electron chi connectivity index (χ0n) is 18.6. The summed E-state index contributed by atoms with van der Waals surface area (Å²) in [5, 5.41) is 0. The Hall–Kier alpha value is -2.53. The van der Waals surface area contributed by atoms with Crippen molar-refractivity contribution in [1.29, 1.82) is 0 Å². The van der Waals surface area contributed by atoms with Gasteiger partial charge in [-0.15, -0.1) is 0 Å². The van der Waals surface area contributed by atoms with E-state index in [0.29, 0.717) is 24.2 Å². The van der Waals surface area contributed by atoms with Gasteiger partial charge in [0.25, 0.3) is 0 Å². The Labute approximate surface area is 184 Å². The lowest BCUT2D eigenvalue weighted by Crippen LogP contribution is -2.52. The molecule has 0 aromatic heterocycles. The first-order chi connectivity index (χ1) is 15.2. The standard InChI is InChI=1S/C22H25NO3.C4H6O/c1-24-19-11-7-5-9-15(19)22-17-13-21(26-3)20(25-2)12-16(17)14-8-4-6-10-18(14)23-22;1-3-2-4(1)5-3/h5,7,9,11-14,18H,4,6,8,10H2,1-3H3;3-4H,1-2H2. The number of ether oxygens (including phenoxy) is 4. The van der Waals surface area contributed by atoms with E-state index in [1.807, 2.05) is 18.2 Å². The largest absolute Gasteiger partial charge is 0.496 e. The second kappa shape index (κ2) is 8.54. The van der Waals surface area contributed by atoms with Crippen molar-refractivity contribution in [2.75, 3.05) is 21.3 Å². The molecular formula is C26H31NO4. The second-order valence-electron chi connectivity index (χ2n) is 8.78. The first-order valence-corrected chi connectivity index (χ1v) is 11.3. The minimum Gasteiger partial charge on any atom is -0.496 e. The van der Waals surface area contributed by atoms with Crippen LogP contribution in [0.15, 0.2) is 41.4 Å². The monoisotopic (exact) mass is 421 g/mol. The Balaban J connectivity index is 0.000000352. The van der Waals surface area contributed by atoms with Gasteiger partial charge in [0.15, 0.2) is 11.5 Å². The normalized spacial score (nSPS) is 27.1. The van der Waals surface area contributed by atoms with Crippen LogP contribution in [0.4, 0.5) is 0 Å². The van der Waals surface area contributed by atoms with Crippen molar-refractivity contribution in [1.82, 2.24) is 0 Å². The number of methoxy groups -OCH3 is 3. The van der Waals surface area contributed by atoms with Crippen LogP contribution < -0.4 is 14.2 Å². The zero-order valence-corrected chi connectivity index (χ0v) is 18.6. The van der Waals surface area contributed by atoms with Crippen molar-refractivity contribution in [2.24, 2.45) is 4.99 Å². The highest BCUT2D eigenvalue weighted by molar-refractivity contribution is 6.16. The van der Waals surface area contributed by atoms with Gasteiger partial charge in [-0.2, -0.15) is 0 Å². The van der Waals surface area contributed by atoms with Crippen LogP contribution in [-0.4, -0.2) is 45.3 Å². The fourth-order valence-electron chi connectivity index (χ4n) is 5.09. The molecule has 2 atom stereocenters. The van der Waals surface area contributed by atoms with Crippen LogP contribution in [0.5, 0.6) is 17.2 Å². The van der Waals surface area contributed by atoms with Crippen molar-refractivity contribution >= 4 is 5.71 Å². The summed E-state index contributed by atoms with van der Waals surface area (Å²) >= 11 is 0. The fourth-order valence-corrected chi connectivity index (χ4v) is 5.09. The zero-order chi connectivity index (χ0) is 21.4. The summed E-state index contributed by atoms with van der Waals surface area (Å²) in [6, 6.07) is 12.7. The lowest BCUT2D eigenvalue weighted by Gasteiger charge is -2.49. The van der Waals surface area contributed by atoms with Gasteiger partial charge in [-0.1, -0.05) is 25.0 Å². The summed E-state index contributed by atoms with van der Waals surface area (Å²) in [7, 11) is 5.08. The van der Waals surface area contributed by atoms with Crippen LogP contribution in [0, 0.1) is 0 Å². The molecule has 2 bridgehead atoms. The number of aliphatic imine (C=N–C) groups is 1. The van der Waals surface area contributed by atoms with E-state index in [2.05, 4.69) is 18.2 Å². The van der Waals surface area contributed by atoms with Gasteiger partial charge in [0.05, 0.1) is 45.3 Å². The molecule has 164 valence electrons. The third-order valence-electron chi connectivity index (χ3n) is 7.03. The SMILES string of the molecule is C1C2CC1O2.COc1cc2c(cc1OC)C1CCCCC1N=C2c1ccccc1OC. The number of rotatable bonds is 4. The van der Waals surface area contributed by atoms with Crippen LogP contribution >= 0.6 is 0 Å². The number of para-hydroxylation sites is 1. The van der Waals surface area contributed by atoms with E-state index >= 15 is 0 Å². The highest BCUT2D eigenvalue weighted by atomic mass is 16.5. The van der Waals surface area contributed by atoms with Gasteiger partial charge in [0.1, 0.15) is 5.75 Å². The van der Waals surface area contributed by atoms with Crippen LogP contribution in [-0.2, 0) is 4.74 Å². The minimum absolute atomic E-state index is 0.328. The van der Waals surface area contributed by atoms with E-state index in [-0.39, 0.29) is 0 Å². The van der Waals surface area contributed by atoms with Crippen molar-refractivity contribution < 1.29 is 18.9 Å². The van der Waals surface area contributed by atoms with Crippen LogP contribution in [0.2, 0.25) is 0 Å². The lowest BCUT2D eigenvalue weighted by molar-refractivity contribution is -0.237. The van der Waals surface area contributed by atoms with Gasteiger partial charge in [0, 0.05) is 17.0 Å². The molecule has 4 fully saturated rings. The third-order valence-corrected chi connectivity index (χ3v) is 7.03. The summed E-state index contributed by atoms with van der Waals surface area (Å²) in [4.78, 5) is 5.20. The van der Waals surface area contributed by atoms with Crippen LogP contribution in [0.1, 0.15) is 61.1 Å². The Morgan fingerprint density at radius 2 is 1.42 bits per heavy atom. The molecule has 0 radical (unpaired) electrons. The van der Waals surface area contributed by atoms with Gasteiger partial charge in [0.2, 0.25) is 0 Å². The van der Waals surface area contributed by atoms with E-state index in [1.165, 1.54) is 37.7 Å². The summed E-state index contributed by atoms with van der Waals surface area (Å²) in [5.74, 6) is 2.83. The molecule has 0 amide bonds. The van der Waals surface area contributed by atoms with E-state index in [4.69, 9.17) is 23.9 Å². The van der Waals surface area contributed by atoms with E-state index in [9.17, 15) is 0 Å². The van der Waals surface area contributed by atoms with E-state index in [0.717, 1.165) is 40.5 Å². The van der Waals surface area contributed by atoms with Gasteiger partial charge in [-0.05, 0) is 55.5 Å². The first kappa shape index (κ1) is 20.4. The summed E-state index contributed by atoms with van der Waals surface area (Å²) in [6.45, 7) is 0. The van der Waals surface area contributed by atoms with Crippen molar-refractivity contribution in [3.8, 4) is 17.2 Å². The minimum atomic E-state index is 0.328. The van der Waals surface area contributed by atoms with Gasteiger partial charge >= 0.3 is 0 Å². The van der Waals surface area contributed by atoms with Crippen molar-refractivity contribution in [3.63, 3.8) is 0 Å². The van der Waals surface area contributed by atoms with Crippen molar-refractivity contribution in [3.05, 3.63) is 53.1 Å². The molecule has 3 heterocycles. The Morgan fingerprint density at radius 3 is 2.06 bits per heavy atom. The van der Waals surface area contributed by atoms with Crippen LogP contribution in [0.3, 0.4) is 0 Å². The fraction of sp³-hybridized carbons (Fsp3) is 0.500. The number of nitrogens with zero attached hydrogens (tertiary/aromatic N) is 1. The van der Waals surface area contributed by atoms with Crippen molar-refractivity contribution in [2.45, 2.75) is 62.7 Å². The number of fused-ring (bicyclic) bond motifs is 3. The predicted molar refractivity (Wildman–Crippen MR) is 121 cm³/mol. The quantitative estimate of drug-likeness (QED) is 0.686. The highest BCUT2D eigenvalue weighted by Gasteiger charge is 2.43. The topological polar surface area (TPSA) is 49.3 Å². The molecule has 7 rings (SSSR count). The number of benzene rings is 2. The molecule has 3 aliphatic heterocycles. The molecule has 2 saturated carbocycles. The van der Waals surface area contributed by atoms with Gasteiger partial charge in [-0.3, -0.25) is 4.99 Å². The molecular weight excluding hydrogens is 390 g/mol. The predicted octanol–water partition coefficient (Wildman–Crippen LogP) is 5.14. The Kier molecular flexibility index (Phi) is 5.61. The third kappa shape index (κ3) is 3.69. The average Bonchev–Trinajstić information content (AvgIpc) is 2.75. The number of hydrogen-bond acceptors (Lipinski definition) is 5. The molecule has 2 unspecified atom stereocenters. The Bertz CT molecular complexity index is 965. The lowest BCUT2D eigenvalue weighted by atomic mass is 9.75. The second-order valence-corrected chi connectivity index (χ2v) is 8.78. The smallest absolute Gasteiger partial charge is 0.161 e. The summed E-state index contributed by atoms with van der Waals surface area (Å²) in [5.41, 5.74) is 4.49. The molecule has 2 aromatic rings. The molecule has 5 aliphatic rings.